The van der Waals surface area contributed by atoms with E-state index in [1.54, 1.807) is 6.92 Å². The van der Waals surface area contributed by atoms with Gasteiger partial charge in [-0.1, -0.05) is 0 Å². The van der Waals surface area contributed by atoms with Crippen LogP contribution in [0, 0.1) is 0 Å². The molecule has 0 aromatic carbocycles. The maximum atomic E-state index is 12.6. The van der Waals surface area contributed by atoms with Gasteiger partial charge in [-0.25, -0.2) is 9.78 Å². The Morgan fingerprint density at radius 1 is 1.30 bits per heavy atom. The number of nitrogens with one attached hydrogen (secondary N) is 1. The number of hydrogen-bond donors (Lipinski definition) is 2. The van der Waals surface area contributed by atoms with Gasteiger partial charge in [0, 0.05) is 25.8 Å². The molecule has 12 heteroatoms. The van der Waals surface area contributed by atoms with Crippen LogP contribution in [0.2, 0.25) is 0 Å². The summed E-state index contributed by atoms with van der Waals surface area (Å²) in [5, 5.41) is 10.6. The Morgan fingerprint density at radius 2 is 2.03 bits per heavy atom. The zero-order valence-electron chi connectivity index (χ0n) is 19.1. The molecule has 0 bridgehead atoms. The molecule has 1 fully saturated rings. The van der Waals surface area contributed by atoms with E-state index in [9.17, 15) is 19.2 Å². The summed E-state index contributed by atoms with van der Waals surface area (Å²) in [6.07, 6.45) is 2.59. The molecule has 2 heterocycles. The van der Waals surface area contributed by atoms with Gasteiger partial charge in [0.05, 0.1) is 40.0 Å². The van der Waals surface area contributed by atoms with Crippen LogP contribution in [0.4, 0.5) is 0 Å². The lowest BCUT2D eigenvalue weighted by molar-refractivity contribution is -0.151. The molecule has 33 heavy (non-hydrogen) atoms. The van der Waals surface area contributed by atoms with Crippen molar-refractivity contribution in [3.05, 3.63) is 18.0 Å². The molecule has 1 aliphatic heterocycles. The fourth-order valence-electron chi connectivity index (χ4n) is 2.60. The van der Waals surface area contributed by atoms with Crippen molar-refractivity contribution in [3.8, 4) is 11.5 Å². The molecule has 1 unspecified atom stereocenters. The standard InChI is InChI=1S/C17H22N2O7.C4H8O3/c1-10-5-4-8-24-9-12(17(22)25-10)19-16(21)14-15(26-11(2)20)13(23-3)6-7-18-14;1-7-4(6)2-3-5/h6-7,10,12H,4-5,8-9H2,1-3H3,(H,19,21);5H,2-3H2,1H3/t10?,12-;/m0./s1. The summed E-state index contributed by atoms with van der Waals surface area (Å²) in [4.78, 5) is 50.1. The van der Waals surface area contributed by atoms with Gasteiger partial charge in [0.2, 0.25) is 5.75 Å². The number of carbonyl (C=O) groups is 4. The molecular formula is C21H30N2O10. The predicted molar refractivity (Wildman–Crippen MR) is 113 cm³/mol. The predicted octanol–water partition coefficient (Wildman–Crippen LogP) is 0.398. The molecule has 2 N–H and O–H groups in total. The fraction of sp³-hybridized carbons (Fsp3) is 0.571. The number of esters is 3. The van der Waals surface area contributed by atoms with Gasteiger partial charge in [-0.3, -0.25) is 14.4 Å². The lowest BCUT2D eigenvalue weighted by Crippen LogP contribution is -2.45. The van der Waals surface area contributed by atoms with E-state index in [4.69, 9.17) is 24.1 Å². The molecule has 0 saturated carbocycles. The van der Waals surface area contributed by atoms with Gasteiger partial charge in [-0.2, -0.15) is 0 Å². The summed E-state index contributed by atoms with van der Waals surface area (Å²) in [6.45, 7) is 3.28. The third-order valence-electron chi connectivity index (χ3n) is 4.18. The molecule has 1 aromatic heterocycles. The second kappa shape index (κ2) is 14.7. The van der Waals surface area contributed by atoms with Crippen LogP contribution in [-0.2, 0) is 28.6 Å². The molecule has 1 saturated heterocycles. The number of ether oxygens (including phenoxy) is 5. The molecule has 0 spiro atoms. The summed E-state index contributed by atoms with van der Waals surface area (Å²) in [7, 11) is 2.66. The third-order valence-corrected chi connectivity index (χ3v) is 4.18. The van der Waals surface area contributed by atoms with Gasteiger partial charge < -0.3 is 34.1 Å². The highest BCUT2D eigenvalue weighted by atomic mass is 16.6. The number of amides is 1. The number of rotatable bonds is 6. The van der Waals surface area contributed by atoms with Crippen LogP contribution in [0.15, 0.2) is 12.3 Å². The number of nitrogens with zero attached hydrogens (tertiary/aromatic N) is 1. The smallest absolute Gasteiger partial charge is 0.331 e. The first-order valence-electron chi connectivity index (χ1n) is 10.2. The zero-order valence-corrected chi connectivity index (χ0v) is 19.1. The second-order valence-electron chi connectivity index (χ2n) is 6.83. The Labute approximate surface area is 191 Å². The molecule has 1 aromatic rings. The van der Waals surface area contributed by atoms with E-state index in [0.717, 1.165) is 6.42 Å². The topological polar surface area (TPSA) is 160 Å². The molecule has 0 radical (unpaired) electrons. The Bertz CT molecular complexity index is 814. The molecule has 0 aliphatic carbocycles. The average molecular weight is 470 g/mol. The van der Waals surface area contributed by atoms with E-state index in [0.29, 0.717) is 13.0 Å². The number of hydrogen-bond acceptors (Lipinski definition) is 11. The van der Waals surface area contributed by atoms with Crippen molar-refractivity contribution in [2.75, 3.05) is 34.0 Å². The highest BCUT2D eigenvalue weighted by Crippen LogP contribution is 2.29. The number of aromatic nitrogens is 1. The summed E-state index contributed by atoms with van der Waals surface area (Å²) in [6, 6.07) is 0.454. The van der Waals surface area contributed by atoms with E-state index in [1.165, 1.54) is 33.4 Å². The summed E-state index contributed by atoms with van der Waals surface area (Å²) >= 11 is 0. The fourth-order valence-corrected chi connectivity index (χ4v) is 2.60. The van der Waals surface area contributed by atoms with E-state index in [-0.39, 0.29) is 48.9 Å². The normalized spacial score (nSPS) is 18.2. The number of pyridine rings is 1. The molecule has 1 amide bonds. The van der Waals surface area contributed by atoms with Crippen LogP contribution >= 0.6 is 0 Å². The lowest BCUT2D eigenvalue weighted by atomic mass is 10.2. The number of aliphatic hydroxyl groups excluding tert-OH is 1. The molecule has 2 atom stereocenters. The molecule has 184 valence electrons. The first-order chi connectivity index (χ1) is 15.7. The van der Waals surface area contributed by atoms with Crippen LogP contribution in [0.3, 0.4) is 0 Å². The van der Waals surface area contributed by atoms with Crippen LogP contribution < -0.4 is 14.8 Å². The van der Waals surface area contributed by atoms with Gasteiger partial charge in [0.1, 0.15) is 0 Å². The SMILES string of the molecule is COC(=O)CCO.COc1ccnc(C(=O)N[C@H]2COCCCC(C)OC2=O)c1OC(C)=O. The minimum Gasteiger partial charge on any atom is -0.493 e. The first kappa shape index (κ1) is 27.8. The van der Waals surface area contributed by atoms with Gasteiger partial charge in [-0.15, -0.1) is 0 Å². The molecular weight excluding hydrogens is 440 g/mol. The Morgan fingerprint density at radius 3 is 2.61 bits per heavy atom. The van der Waals surface area contributed by atoms with E-state index in [1.807, 2.05) is 0 Å². The van der Waals surface area contributed by atoms with E-state index < -0.39 is 23.9 Å². The minimum absolute atomic E-state index is 0.0237. The summed E-state index contributed by atoms with van der Waals surface area (Å²) in [5.74, 6) is -2.26. The third kappa shape index (κ3) is 9.83. The number of methoxy groups -OCH3 is 2. The average Bonchev–Trinajstić information content (AvgIpc) is 2.84. The quantitative estimate of drug-likeness (QED) is 0.554. The van der Waals surface area contributed by atoms with Crippen molar-refractivity contribution in [3.63, 3.8) is 0 Å². The molecule has 12 nitrogen and oxygen atoms in total. The van der Waals surface area contributed by atoms with Crippen LogP contribution in [-0.4, -0.2) is 80.1 Å². The van der Waals surface area contributed by atoms with Crippen LogP contribution in [0.1, 0.15) is 43.6 Å². The van der Waals surface area contributed by atoms with Crippen molar-refractivity contribution >= 4 is 23.8 Å². The highest BCUT2D eigenvalue weighted by molar-refractivity contribution is 5.98. The second-order valence-corrected chi connectivity index (χ2v) is 6.83. The lowest BCUT2D eigenvalue weighted by Gasteiger charge is -2.19. The Balaban J connectivity index is 0.000000675. The van der Waals surface area contributed by atoms with Gasteiger partial charge >= 0.3 is 17.9 Å². The summed E-state index contributed by atoms with van der Waals surface area (Å²) in [5.41, 5.74) is -0.180. The van der Waals surface area contributed by atoms with E-state index in [2.05, 4.69) is 15.0 Å². The Kier molecular flexibility index (Phi) is 12.4. The number of carbonyl (C=O) groups excluding carboxylic acids is 4. The zero-order chi connectivity index (χ0) is 24.8. The molecule has 1 aliphatic rings. The minimum atomic E-state index is -0.999. The first-order valence-corrected chi connectivity index (χ1v) is 10.2. The van der Waals surface area contributed by atoms with Crippen molar-refractivity contribution in [1.82, 2.24) is 10.3 Å². The monoisotopic (exact) mass is 470 g/mol. The van der Waals surface area contributed by atoms with Gasteiger partial charge in [0.15, 0.2) is 17.5 Å². The highest BCUT2D eigenvalue weighted by Gasteiger charge is 2.29. The van der Waals surface area contributed by atoms with Crippen molar-refractivity contribution < 1.29 is 48.0 Å². The van der Waals surface area contributed by atoms with Crippen LogP contribution in [0.25, 0.3) is 0 Å². The largest absolute Gasteiger partial charge is 0.493 e. The van der Waals surface area contributed by atoms with Crippen molar-refractivity contribution in [2.45, 2.75) is 45.3 Å². The van der Waals surface area contributed by atoms with Gasteiger partial charge in [-0.05, 0) is 19.8 Å². The number of aliphatic hydroxyl groups is 1. The number of cyclic esters (lactones) is 1. The van der Waals surface area contributed by atoms with Crippen molar-refractivity contribution in [2.24, 2.45) is 0 Å². The molecule has 2 rings (SSSR count). The van der Waals surface area contributed by atoms with Crippen molar-refractivity contribution in [1.29, 1.82) is 0 Å². The van der Waals surface area contributed by atoms with Crippen LogP contribution in [0.5, 0.6) is 11.5 Å². The Hall–Kier alpha value is -3.25. The maximum Gasteiger partial charge on any atom is 0.331 e. The maximum absolute atomic E-state index is 12.6. The van der Waals surface area contributed by atoms with Gasteiger partial charge in [0.25, 0.3) is 5.91 Å². The van der Waals surface area contributed by atoms with E-state index >= 15 is 0 Å². The summed E-state index contributed by atoms with van der Waals surface area (Å²) < 4.78 is 25.1.